The van der Waals surface area contributed by atoms with Crippen LogP contribution in [0.2, 0.25) is 0 Å². The van der Waals surface area contributed by atoms with Crippen molar-refractivity contribution in [1.82, 2.24) is 4.57 Å². The minimum Gasteiger partial charge on any atom is -0.497 e. The lowest BCUT2D eigenvalue weighted by atomic mass is 9.82. The number of nitrogens with zero attached hydrogens (tertiary/aromatic N) is 1. The van der Waals surface area contributed by atoms with Crippen LogP contribution in [0.3, 0.4) is 0 Å². The predicted octanol–water partition coefficient (Wildman–Crippen LogP) is 5.07. The smallest absolute Gasteiger partial charge is 0.336 e. The van der Waals surface area contributed by atoms with Crippen molar-refractivity contribution in [2.75, 3.05) is 7.11 Å². The lowest BCUT2D eigenvalue weighted by Crippen LogP contribution is -2.29. The van der Waals surface area contributed by atoms with Crippen molar-refractivity contribution in [3.63, 3.8) is 0 Å². The van der Waals surface area contributed by atoms with E-state index in [2.05, 4.69) is 0 Å². The SMILES string of the molecule is COc1ccc2cc([C@@H]3CC(=O)Oc4c3c(C)cc3oc(=O)cc(-c5ccccc5)c43)c(=O)n(C)c2c1. The molecule has 7 heteroatoms. The molecule has 6 rings (SSSR count). The van der Waals surface area contributed by atoms with Crippen molar-refractivity contribution in [2.24, 2.45) is 7.05 Å². The molecule has 0 amide bonds. The van der Waals surface area contributed by atoms with Crippen molar-refractivity contribution >= 4 is 27.8 Å². The molecule has 7 nitrogen and oxygen atoms in total. The fraction of sp³-hybridized carbons (Fsp3) is 0.167. The van der Waals surface area contributed by atoms with Crippen LogP contribution in [0.15, 0.2) is 80.7 Å². The number of carbonyl (C=O) groups excluding carboxylic acids is 1. The Morgan fingerprint density at radius 3 is 2.51 bits per heavy atom. The van der Waals surface area contributed by atoms with Gasteiger partial charge in [0.25, 0.3) is 5.56 Å². The van der Waals surface area contributed by atoms with Crippen LogP contribution in [0.5, 0.6) is 11.5 Å². The van der Waals surface area contributed by atoms with Crippen LogP contribution >= 0.6 is 0 Å². The molecule has 0 N–H and O–H groups in total. The second kappa shape index (κ2) is 8.48. The normalized spacial score (nSPS) is 15.0. The molecule has 1 aliphatic heterocycles. The summed E-state index contributed by atoms with van der Waals surface area (Å²) in [5.74, 6) is 0.00252. The van der Waals surface area contributed by atoms with Crippen LogP contribution < -0.4 is 20.7 Å². The molecule has 1 atom stereocenters. The van der Waals surface area contributed by atoms with Crippen LogP contribution in [0, 0.1) is 6.92 Å². The van der Waals surface area contributed by atoms with Crippen molar-refractivity contribution < 1.29 is 18.7 Å². The monoisotopic (exact) mass is 493 g/mol. The molecule has 37 heavy (non-hydrogen) atoms. The van der Waals surface area contributed by atoms with Gasteiger partial charge in [-0.05, 0) is 47.7 Å². The van der Waals surface area contributed by atoms with Gasteiger partial charge in [0, 0.05) is 41.8 Å². The van der Waals surface area contributed by atoms with E-state index < -0.39 is 17.5 Å². The quantitative estimate of drug-likeness (QED) is 0.198. The van der Waals surface area contributed by atoms with Crippen molar-refractivity contribution in [3.05, 3.63) is 104 Å². The summed E-state index contributed by atoms with van der Waals surface area (Å²) < 4.78 is 18.3. The summed E-state index contributed by atoms with van der Waals surface area (Å²) in [7, 11) is 3.29. The molecule has 184 valence electrons. The molecule has 0 aliphatic carbocycles. The zero-order valence-electron chi connectivity index (χ0n) is 20.5. The Hall–Kier alpha value is -4.65. The number of benzene rings is 3. The maximum absolute atomic E-state index is 13.6. The first-order chi connectivity index (χ1) is 17.9. The lowest BCUT2D eigenvalue weighted by Gasteiger charge is -2.28. The number of aryl methyl sites for hydroxylation is 2. The summed E-state index contributed by atoms with van der Waals surface area (Å²) in [6.07, 6.45) is 0.0215. The molecular formula is C30H23NO6. The molecule has 0 saturated heterocycles. The van der Waals surface area contributed by atoms with E-state index in [1.165, 1.54) is 6.07 Å². The molecule has 0 unspecified atom stereocenters. The third-order valence-corrected chi connectivity index (χ3v) is 7.09. The van der Waals surface area contributed by atoms with Crippen LogP contribution in [-0.4, -0.2) is 17.6 Å². The van der Waals surface area contributed by atoms with Gasteiger partial charge in [-0.1, -0.05) is 30.3 Å². The third-order valence-electron chi connectivity index (χ3n) is 7.09. The molecule has 5 aromatic rings. The van der Waals surface area contributed by atoms with Gasteiger partial charge in [-0.3, -0.25) is 9.59 Å². The van der Waals surface area contributed by atoms with Gasteiger partial charge in [0.05, 0.1) is 24.4 Å². The Kier molecular flexibility index (Phi) is 5.22. The lowest BCUT2D eigenvalue weighted by molar-refractivity contribution is -0.135. The summed E-state index contributed by atoms with van der Waals surface area (Å²) in [5.41, 5.74) is 3.77. The number of aromatic nitrogens is 1. The summed E-state index contributed by atoms with van der Waals surface area (Å²) >= 11 is 0. The molecule has 2 aromatic heterocycles. The van der Waals surface area contributed by atoms with Gasteiger partial charge in [-0.15, -0.1) is 0 Å². The molecule has 0 radical (unpaired) electrons. The number of rotatable bonds is 3. The number of fused-ring (bicyclic) bond motifs is 4. The Morgan fingerprint density at radius 1 is 0.973 bits per heavy atom. The van der Waals surface area contributed by atoms with Gasteiger partial charge in [-0.2, -0.15) is 0 Å². The summed E-state index contributed by atoms with van der Waals surface area (Å²) in [5, 5.41) is 1.39. The number of methoxy groups -OCH3 is 1. The third kappa shape index (κ3) is 3.62. The zero-order valence-corrected chi connectivity index (χ0v) is 20.5. The summed E-state index contributed by atoms with van der Waals surface area (Å²) in [6.45, 7) is 1.87. The molecule has 0 spiro atoms. The van der Waals surface area contributed by atoms with E-state index in [1.807, 2.05) is 61.5 Å². The van der Waals surface area contributed by atoms with E-state index in [-0.39, 0.29) is 12.0 Å². The van der Waals surface area contributed by atoms with Gasteiger partial charge < -0.3 is 18.5 Å². The highest BCUT2D eigenvalue weighted by Gasteiger charge is 2.35. The fourth-order valence-corrected chi connectivity index (χ4v) is 5.35. The number of esters is 1. The predicted molar refractivity (Wildman–Crippen MR) is 140 cm³/mol. The Morgan fingerprint density at radius 2 is 1.76 bits per heavy atom. The Balaban J connectivity index is 1.66. The molecule has 0 saturated carbocycles. The standard InChI is InChI=1S/C30H23NO6/c1-16-11-24-28(20(14-25(32)36-24)17-7-5-4-6-8-17)29-27(16)21(15-26(33)37-29)22-12-18-9-10-19(35-3)13-23(18)31(2)30(22)34/h4-14,21H,15H2,1-3H3/t21-/m0/s1. The highest BCUT2D eigenvalue weighted by Crippen LogP contribution is 2.47. The first-order valence-electron chi connectivity index (χ1n) is 11.9. The van der Waals surface area contributed by atoms with E-state index >= 15 is 0 Å². The largest absolute Gasteiger partial charge is 0.497 e. The Bertz CT molecular complexity index is 1850. The molecular weight excluding hydrogens is 470 g/mol. The van der Waals surface area contributed by atoms with Gasteiger partial charge in [0.1, 0.15) is 17.1 Å². The number of ether oxygens (including phenoxy) is 2. The second-order valence-corrected chi connectivity index (χ2v) is 9.27. The molecule has 3 heterocycles. The molecule has 0 fully saturated rings. The topological polar surface area (TPSA) is 87.7 Å². The average Bonchev–Trinajstić information content (AvgIpc) is 2.89. The highest BCUT2D eigenvalue weighted by atomic mass is 16.5. The summed E-state index contributed by atoms with van der Waals surface area (Å²) in [4.78, 5) is 39.0. The zero-order chi connectivity index (χ0) is 25.8. The molecule has 3 aromatic carbocycles. The average molecular weight is 494 g/mol. The molecule has 0 bridgehead atoms. The number of carbonyl (C=O) groups is 1. The Labute approximate surface area is 211 Å². The second-order valence-electron chi connectivity index (χ2n) is 9.27. The summed E-state index contributed by atoms with van der Waals surface area (Å²) in [6, 6.07) is 20.0. The van der Waals surface area contributed by atoms with E-state index in [0.29, 0.717) is 33.6 Å². The molecule has 1 aliphatic rings. The van der Waals surface area contributed by atoms with Crippen molar-refractivity contribution in [2.45, 2.75) is 19.3 Å². The van der Waals surface area contributed by atoms with E-state index in [4.69, 9.17) is 13.9 Å². The number of hydrogen-bond acceptors (Lipinski definition) is 6. The maximum atomic E-state index is 13.6. The van der Waals surface area contributed by atoms with Crippen molar-refractivity contribution in [3.8, 4) is 22.6 Å². The minimum atomic E-state index is -0.526. The van der Waals surface area contributed by atoms with E-state index in [1.54, 1.807) is 24.8 Å². The first kappa shape index (κ1) is 22.8. The van der Waals surface area contributed by atoms with Crippen LogP contribution in [0.25, 0.3) is 33.0 Å². The van der Waals surface area contributed by atoms with E-state index in [0.717, 1.165) is 27.6 Å². The number of hydrogen-bond donors (Lipinski definition) is 0. The number of pyridine rings is 1. The van der Waals surface area contributed by atoms with Crippen LogP contribution in [-0.2, 0) is 11.8 Å². The van der Waals surface area contributed by atoms with Crippen LogP contribution in [0.4, 0.5) is 0 Å². The maximum Gasteiger partial charge on any atom is 0.336 e. The highest BCUT2D eigenvalue weighted by molar-refractivity contribution is 6.01. The van der Waals surface area contributed by atoms with Gasteiger partial charge in [0.2, 0.25) is 0 Å². The fourth-order valence-electron chi connectivity index (χ4n) is 5.35. The van der Waals surface area contributed by atoms with Crippen molar-refractivity contribution in [1.29, 1.82) is 0 Å². The van der Waals surface area contributed by atoms with Gasteiger partial charge >= 0.3 is 11.6 Å². The minimum absolute atomic E-state index is 0.0215. The van der Waals surface area contributed by atoms with Gasteiger partial charge in [0.15, 0.2) is 0 Å². The first-order valence-corrected chi connectivity index (χ1v) is 11.9. The van der Waals surface area contributed by atoms with Crippen LogP contribution in [0.1, 0.15) is 29.0 Å². The van der Waals surface area contributed by atoms with E-state index in [9.17, 15) is 14.4 Å². The van der Waals surface area contributed by atoms with Gasteiger partial charge in [-0.25, -0.2) is 4.79 Å².